The molecule has 2 fully saturated rings. The number of carbonyl (C=O) groups is 3. The summed E-state index contributed by atoms with van der Waals surface area (Å²) in [5, 5.41) is 3.30. The number of para-hydroxylation sites is 1. The monoisotopic (exact) mass is 488 g/mol. The van der Waals surface area contributed by atoms with E-state index in [2.05, 4.69) is 5.32 Å². The maximum Gasteiger partial charge on any atom is 0.419 e. The van der Waals surface area contributed by atoms with E-state index in [-0.39, 0.29) is 17.5 Å². The van der Waals surface area contributed by atoms with E-state index in [9.17, 15) is 31.9 Å². The predicted molar refractivity (Wildman–Crippen MR) is 118 cm³/mol. The molecule has 2 aromatic carbocycles. The molecule has 7 nitrogen and oxygen atoms in total. The van der Waals surface area contributed by atoms with Crippen molar-refractivity contribution in [2.24, 2.45) is 11.7 Å². The van der Waals surface area contributed by atoms with Gasteiger partial charge in [0.05, 0.1) is 22.8 Å². The Kier molecular flexibility index (Phi) is 5.30. The van der Waals surface area contributed by atoms with Crippen LogP contribution in [0.1, 0.15) is 24.0 Å². The lowest BCUT2D eigenvalue weighted by Gasteiger charge is -2.27. The summed E-state index contributed by atoms with van der Waals surface area (Å²) >= 11 is 0. The van der Waals surface area contributed by atoms with Crippen LogP contribution in [-0.2, 0) is 17.4 Å². The van der Waals surface area contributed by atoms with Crippen molar-refractivity contribution >= 4 is 34.4 Å². The van der Waals surface area contributed by atoms with E-state index in [0.29, 0.717) is 35.5 Å². The third kappa shape index (κ3) is 4.00. The fourth-order valence-corrected chi connectivity index (χ4v) is 4.92. The first-order valence-corrected chi connectivity index (χ1v) is 10.9. The zero-order valence-electron chi connectivity index (χ0n) is 18.2. The van der Waals surface area contributed by atoms with Crippen LogP contribution in [-0.4, -0.2) is 39.4 Å². The highest BCUT2D eigenvalue weighted by molar-refractivity contribution is 6.05. The van der Waals surface area contributed by atoms with Gasteiger partial charge in [-0.3, -0.25) is 9.36 Å². The van der Waals surface area contributed by atoms with Crippen LogP contribution in [0.4, 0.5) is 32.8 Å². The van der Waals surface area contributed by atoms with Crippen molar-refractivity contribution in [3.8, 4) is 0 Å². The highest BCUT2D eigenvalue weighted by atomic mass is 19.4. The minimum absolute atomic E-state index is 0.105. The molecule has 0 radical (unpaired) electrons. The van der Waals surface area contributed by atoms with Gasteiger partial charge in [0.2, 0.25) is 0 Å². The van der Waals surface area contributed by atoms with Gasteiger partial charge in [0.15, 0.2) is 5.78 Å². The maximum atomic E-state index is 14.5. The Labute approximate surface area is 196 Å². The van der Waals surface area contributed by atoms with Gasteiger partial charge in [0, 0.05) is 24.0 Å². The number of rotatable bonds is 4. The van der Waals surface area contributed by atoms with Crippen LogP contribution >= 0.6 is 0 Å². The molecule has 0 spiro atoms. The predicted octanol–water partition coefficient (Wildman–Crippen LogP) is 4.53. The number of primary amides is 1. The Bertz CT molecular complexity index is 1370. The molecule has 2 heterocycles. The number of nitrogens with zero attached hydrogens (tertiary/aromatic N) is 2. The number of nitrogens with two attached hydrogens (primary N) is 1. The molecule has 11 heteroatoms. The van der Waals surface area contributed by atoms with Crippen LogP contribution in [0.25, 0.3) is 10.9 Å². The molecule has 1 aliphatic carbocycles. The molecule has 1 unspecified atom stereocenters. The van der Waals surface area contributed by atoms with Crippen molar-refractivity contribution in [1.29, 1.82) is 0 Å². The van der Waals surface area contributed by atoms with Crippen LogP contribution in [0.2, 0.25) is 0 Å². The topological polar surface area (TPSA) is 97.4 Å². The number of aromatic nitrogens is 1. The number of piperidine rings is 1. The Morgan fingerprint density at radius 2 is 1.80 bits per heavy atom. The molecule has 1 aliphatic heterocycles. The molecule has 3 N–H and O–H groups in total. The van der Waals surface area contributed by atoms with E-state index in [4.69, 9.17) is 5.73 Å². The highest BCUT2D eigenvalue weighted by Gasteiger charge is 2.56. The van der Waals surface area contributed by atoms with E-state index >= 15 is 0 Å². The van der Waals surface area contributed by atoms with E-state index in [1.165, 1.54) is 15.7 Å². The van der Waals surface area contributed by atoms with Crippen molar-refractivity contribution in [3.63, 3.8) is 0 Å². The van der Waals surface area contributed by atoms with Crippen LogP contribution in [0.15, 0.2) is 48.7 Å². The minimum atomic E-state index is -4.88. The quantitative estimate of drug-likeness (QED) is 0.528. The molecule has 1 saturated carbocycles. The molecule has 0 bridgehead atoms. The molecule has 1 saturated heterocycles. The van der Waals surface area contributed by atoms with Gasteiger partial charge in [0.1, 0.15) is 5.82 Å². The number of anilines is 1. The number of hydrogen-bond donors (Lipinski definition) is 2. The number of ketones is 1. The molecule has 5 rings (SSSR count). The standard InChI is InChI=1S/C24H20F4N4O3/c25-21-12(4-3-6-15(21)24(26,27)28)10-20(33)19-9-13-8-18(13)32(19)23(35)30-16-11-31(22(29)34)17-7-2-1-5-14(16)17/h1-7,11,13,18-19H,8-10H2,(H2,29,34)(H,30,35)/t13?,18-,19+/m1/s1. The molecular weight excluding hydrogens is 468 g/mol. The van der Waals surface area contributed by atoms with Crippen molar-refractivity contribution < 1.29 is 31.9 Å². The lowest BCUT2D eigenvalue weighted by atomic mass is 9.98. The van der Waals surface area contributed by atoms with Crippen LogP contribution < -0.4 is 11.1 Å². The number of nitrogens with one attached hydrogen (secondary N) is 1. The summed E-state index contributed by atoms with van der Waals surface area (Å²) in [5.41, 5.74) is 4.43. The van der Waals surface area contributed by atoms with Gasteiger partial charge in [-0.2, -0.15) is 13.2 Å². The van der Waals surface area contributed by atoms with E-state index in [1.54, 1.807) is 24.3 Å². The fraction of sp³-hybridized carbons (Fsp3) is 0.292. The summed E-state index contributed by atoms with van der Waals surface area (Å²) in [5.74, 6) is -1.91. The van der Waals surface area contributed by atoms with Gasteiger partial charge in [-0.05, 0) is 36.5 Å². The van der Waals surface area contributed by atoms with Gasteiger partial charge in [-0.25, -0.2) is 14.0 Å². The maximum absolute atomic E-state index is 14.5. The zero-order chi connectivity index (χ0) is 25.1. The summed E-state index contributed by atoms with van der Waals surface area (Å²) in [6.45, 7) is 0. The van der Waals surface area contributed by atoms with Crippen molar-refractivity contribution in [2.45, 2.75) is 37.5 Å². The number of Topliss-reactive ketones (excluding diaryl/α,β-unsaturated/α-hetero) is 1. The summed E-state index contributed by atoms with van der Waals surface area (Å²) in [6, 6.07) is 7.24. The van der Waals surface area contributed by atoms with Crippen molar-refractivity contribution in [1.82, 2.24) is 9.47 Å². The number of hydrogen-bond acceptors (Lipinski definition) is 3. The fourth-order valence-electron chi connectivity index (χ4n) is 4.92. The summed E-state index contributed by atoms with van der Waals surface area (Å²) in [7, 11) is 0. The van der Waals surface area contributed by atoms with E-state index < -0.39 is 47.9 Å². The van der Waals surface area contributed by atoms with Crippen molar-refractivity contribution in [3.05, 3.63) is 65.6 Å². The smallest absolute Gasteiger partial charge is 0.351 e. The Balaban J connectivity index is 1.38. The summed E-state index contributed by atoms with van der Waals surface area (Å²) < 4.78 is 54.8. The molecule has 35 heavy (non-hydrogen) atoms. The van der Waals surface area contributed by atoms with Crippen molar-refractivity contribution in [2.75, 3.05) is 5.32 Å². The summed E-state index contributed by atoms with van der Waals surface area (Å²) in [6.07, 6.45) is -2.99. The largest absolute Gasteiger partial charge is 0.419 e. The Morgan fingerprint density at radius 3 is 2.51 bits per heavy atom. The molecule has 2 aliphatic rings. The number of likely N-dealkylation sites (tertiary alicyclic amines) is 1. The van der Waals surface area contributed by atoms with Crippen LogP contribution in [0.3, 0.4) is 0 Å². The van der Waals surface area contributed by atoms with Crippen LogP contribution in [0.5, 0.6) is 0 Å². The number of alkyl halides is 3. The Morgan fingerprint density at radius 1 is 1.06 bits per heavy atom. The van der Waals surface area contributed by atoms with Crippen LogP contribution in [0, 0.1) is 11.7 Å². The third-order valence-corrected chi connectivity index (χ3v) is 6.65. The van der Waals surface area contributed by atoms with E-state index in [0.717, 1.165) is 12.1 Å². The molecule has 3 atom stereocenters. The second-order valence-corrected chi connectivity index (χ2v) is 8.84. The average molecular weight is 488 g/mol. The minimum Gasteiger partial charge on any atom is -0.351 e. The van der Waals surface area contributed by atoms with Gasteiger partial charge in [-0.1, -0.05) is 30.3 Å². The van der Waals surface area contributed by atoms with Gasteiger partial charge < -0.3 is 16.0 Å². The number of urea groups is 1. The second kappa shape index (κ2) is 8.10. The average Bonchev–Trinajstić information content (AvgIpc) is 3.29. The first kappa shape index (κ1) is 22.9. The SMILES string of the molecule is NC(=O)n1cc(NC(=O)N2[C@@H]3CC3C[C@H]2C(=O)Cc2cccc(C(F)(F)F)c2F)c2ccccc21. The lowest BCUT2D eigenvalue weighted by molar-refractivity contribution is -0.140. The first-order valence-electron chi connectivity index (χ1n) is 10.9. The summed E-state index contributed by atoms with van der Waals surface area (Å²) in [4.78, 5) is 39.4. The second-order valence-electron chi connectivity index (χ2n) is 8.84. The first-order chi connectivity index (χ1) is 16.6. The molecule has 3 amide bonds. The number of fused-ring (bicyclic) bond motifs is 2. The van der Waals surface area contributed by atoms with Gasteiger partial charge >= 0.3 is 18.2 Å². The number of benzene rings is 2. The highest BCUT2D eigenvalue weighted by Crippen LogP contribution is 2.48. The third-order valence-electron chi connectivity index (χ3n) is 6.65. The molecule has 3 aromatic rings. The number of amides is 3. The number of carbonyl (C=O) groups excluding carboxylic acids is 3. The molecule has 182 valence electrons. The molecular formula is C24H20F4N4O3. The normalized spacial score (nSPS) is 21.1. The molecule has 1 aromatic heterocycles. The van der Waals surface area contributed by atoms with E-state index in [1.807, 2.05) is 0 Å². The Hall–Kier alpha value is -3.89. The van der Waals surface area contributed by atoms with Gasteiger partial charge in [-0.15, -0.1) is 0 Å². The zero-order valence-corrected chi connectivity index (χ0v) is 18.2. The number of halogens is 4. The van der Waals surface area contributed by atoms with Gasteiger partial charge in [0.25, 0.3) is 0 Å². The lowest BCUT2D eigenvalue weighted by Crippen LogP contribution is -2.45.